The third kappa shape index (κ3) is 4.15. The van der Waals surface area contributed by atoms with Crippen LogP contribution in [0.15, 0.2) is 5.38 Å². The monoisotopic (exact) mass is 247 g/mol. The molecule has 84 valence electrons. The zero-order chi connectivity index (χ0) is 11.3. The van der Waals surface area contributed by atoms with Crippen molar-refractivity contribution in [2.45, 2.75) is 19.3 Å². The van der Waals surface area contributed by atoms with Crippen LogP contribution in [0.1, 0.15) is 17.6 Å². The minimum atomic E-state index is -0.314. The molecule has 0 aliphatic carbocycles. The Morgan fingerprint density at radius 3 is 2.93 bits per heavy atom. The molecule has 15 heavy (non-hydrogen) atoms. The molecule has 1 heterocycles. The molecule has 4 nitrogen and oxygen atoms in total. The third-order valence-electron chi connectivity index (χ3n) is 1.92. The number of primary amides is 1. The number of halogens is 1. The summed E-state index contributed by atoms with van der Waals surface area (Å²) in [5.74, 6) is 0.115. The lowest BCUT2D eigenvalue weighted by Gasteiger charge is -2.16. The van der Waals surface area contributed by atoms with E-state index in [-0.39, 0.29) is 12.5 Å². The highest BCUT2D eigenvalue weighted by Crippen LogP contribution is 2.13. The minimum absolute atomic E-state index is 0.270. The van der Waals surface area contributed by atoms with Crippen LogP contribution in [0.5, 0.6) is 0 Å². The summed E-state index contributed by atoms with van der Waals surface area (Å²) in [7, 11) is 0. The Kier molecular flexibility index (Phi) is 5.01. The molecule has 0 saturated carbocycles. The first-order valence-electron chi connectivity index (χ1n) is 4.65. The SMILES string of the molecule is CCN(CC(N)=O)Cc1nc(CCl)cs1. The second-order valence-electron chi connectivity index (χ2n) is 3.14. The van der Waals surface area contributed by atoms with Gasteiger partial charge >= 0.3 is 0 Å². The molecule has 6 heteroatoms. The van der Waals surface area contributed by atoms with Gasteiger partial charge in [-0.25, -0.2) is 4.98 Å². The van der Waals surface area contributed by atoms with Crippen molar-refractivity contribution in [3.63, 3.8) is 0 Å². The number of rotatable bonds is 6. The maximum atomic E-state index is 10.8. The second-order valence-corrected chi connectivity index (χ2v) is 4.35. The van der Waals surface area contributed by atoms with Crippen LogP contribution >= 0.6 is 22.9 Å². The van der Waals surface area contributed by atoms with Crippen LogP contribution in [-0.2, 0) is 17.2 Å². The largest absolute Gasteiger partial charge is 0.369 e. The molecule has 0 aliphatic heterocycles. The molecule has 1 aromatic heterocycles. The quantitative estimate of drug-likeness (QED) is 0.769. The van der Waals surface area contributed by atoms with Crippen LogP contribution in [0.2, 0.25) is 0 Å². The average Bonchev–Trinajstić information content (AvgIpc) is 2.64. The average molecular weight is 248 g/mol. The molecule has 1 aromatic rings. The lowest BCUT2D eigenvalue weighted by Crippen LogP contribution is -2.33. The van der Waals surface area contributed by atoms with Crippen molar-refractivity contribution in [1.82, 2.24) is 9.88 Å². The highest BCUT2D eigenvalue weighted by atomic mass is 35.5. The van der Waals surface area contributed by atoms with E-state index >= 15 is 0 Å². The van der Waals surface area contributed by atoms with E-state index in [4.69, 9.17) is 17.3 Å². The van der Waals surface area contributed by atoms with Gasteiger partial charge in [0.25, 0.3) is 0 Å². The summed E-state index contributed by atoms with van der Waals surface area (Å²) in [5, 5.41) is 2.90. The highest BCUT2D eigenvalue weighted by Gasteiger charge is 2.09. The topological polar surface area (TPSA) is 59.2 Å². The van der Waals surface area contributed by atoms with Crippen LogP contribution in [0, 0.1) is 0 Å². The van der Waals surface area contributed by atoms with Crippen molar-refractivity contribution in [3.8, 4) is 0 Å². The van der Waals surface area contributed by atoms with Gasteiger partial charge in [-0.05, 0) is 6.54 Å². The van der Waals surface area contributed by atoms with E-state index in [1.165, 1.54) is 0 Å². The molecule has 0 radical (unpaired) electrons. The van der Waals surface area contributed by atoms with E-state index in [0.717, 1.165) is 17.2 Å². The smallest absolute Gasteiger partial charge is 0.231 e. The van der Waals surface area contributed by atoms with Gasteiger partial charge in [-0.15, -0.1) is 22.9 Å². The summed E-state index contributed by atoms with van der Waals surface area (Å²) in [4.78, 5) is 17.0. The summed E-state index contributed by atoms with van der Waals surface area (Å²) in [5.41, 5.74) is 6.02. The Morgan fingerprint density at radius 1 is 1.73 bits per heavy atom. The fraction of sp³-hybridized carbons (Fsp3) is 0.556. The number of nitrogens with zero attached hydrogens (tertiary/aromatic N) is 2. The number of amides is 1. The molecule has 0 aliphatic rings. The Hall–Kier alpha value is -0.650. The molecule has 0 aromatic carbocycles. The highest BCUT2D eigenvalue weighted by molar-refractivity contribution is 7.09. The van der Waals surface area contributed by atoms with Crippen molar-refractivity contribution in [2.24, 2.45) is 5.73 Å². The summed E-state index contributed by atoms with van der Waals surface area (Å²) >= 11 is 7.21. The van der Waals surface area contributed by atoms with E-state index in [2.05, 4.69) is 4.98 Å². The van der Waals surface area contributed by atoms with Crippen LogP contribution < -0.4 is 5.73 Å². The van der Waals surface area contributed by atoms with Crippen molar-refractivity contribution in [3.05, 3.63) is 16.1 Å². The molecular formula is C9H14ClN3OS. The number of carbonyl (C=O) groups is 1. The van der Waals surface area contributed by atoms with Gasteiger partial charge in [0.1, 0.15) is 5.01 Å². The lowest BCUT2D eigenvalue weighted by atomic mass is 10.4. The standard InChI is InChI=1S/C9H14ClN3OS/c1-2-13(4-8(11)14)5-9-12-7(3-10)6-15-9/h6H,2-5H2,1H3,(H2,11,14). The van der Waals surface area contributed by atoms with Crippen LogP contribution in [-0.4, -0.2) is 28.9 Å². The Bertz CT molecular complexity index is 329. The molecular weight excluding hydrogens is 234 g/mol. The number of alkyl halides is 1. The summed E-state index contributed by atoms with van der Waals surface area (Å²) in [6.07, 6.45) is 0. The van der Waals surface area contributed by atoms with Gasteiger partial charge in [0, 0.05) is 5.38 Å². The first-order valence-corrected chi connectivity index (χ1v) is 6.07. The molecule has 0 atom stereocenters. The van der Waals surface area contributed by atoms with E-state index in [1.54, 1.807) is 11.3 Å². The van der Waals surface area contributed by atoms with Gasteiger partial charge in [0.05, 0.1) is 24.7 Å². The lowest BCUT2D eigenvalue weighted by molar-refractivity contribution is -0.119. The van der Waals surface area contributed by atoms with E-state index < -0.39 is 0 Å². The van der Waals surface area contributed by atoms with Crippen LogP contribution in [0.3, 0.4) is 0 Å². The number of aromatic nitrogens is 1. The fourth-order valence-corrected chi connectivity index (χ4v) is 2.24. The normalized spacial score (nSPS) is 10.9. The zero-order valence-electron chi connectivity index (χ0n) is 8.57. The number of thiazole rings is 1. The number of hydrogen-bond donors (Lipinski definition) is 1. The van der Waals surface area contributed by atoms with E-state index in [0.29, 0.717) is 12.4 Å². The Balaban J connectivity index is 2.54. The van der Waals surface area contributed by atoms with Gasteiger partial charge < -0.3 is 5.73 Å². The maximum Gasteiger partial charge on any atom is 0.231 e. The first kappa shape index (κ1) is 12.4. The van der Waals surface area contributed by atoms with Crippen molar-refractivity contribution in [2.75, 3.05) is 13.1 Å². The zero-order valence-corrected chi connectivity index (χ0v) is 10.1. The summed E-state index contributed by atoms with van der Waals surface area (Å²) in [6.45, 7) is 3.69. The van der Waals surface area contributed by atoms with Crippen molar-refractivity contribution >= 4 is 28.8 Å². The second kappa shape index (κ2) is 6.05. The van der Waals surface area contributed by atoms with Crippen molar-refractivity contribution < 1.29 is 4.79 Å². The van der Waals surface area contributed by atoms with Gasteiger partial charge in [-0.3, -0.25) is 9.69 Å². The van der Waals surface area contributed by atoms with Gasteiger partial charge in [-0.1, -0.05) is 6.92 Å². The van der Waals surface area contributed by atoms with Crippen molar-refractivity contribution in [1.29, 1.82) is 0 Å². The minimum Gasteiger partial charge on any atom is -0.369 e. The Morgan fingerprint density at radius 2 is 2.47 bits per heavy atom. The summed E-state index contributed by atoms with van der Waals surface area (Å²) in [6, 6.07) is 0. The molecule has 0 spiro atoms. The molecule has 0 fully saturated rings. The first-order chi connectivity index (χ1) is 7.15. The van der Waals surface area contributed by atoms with Crippen LogP contribution in [0.25, 0.3) is 0 Å². The maximum absolute atomic E-state index is 10.8. The predicted octanol–water partition coefficient (Wildman–Crippen LogP) is 1.19. The number of nitrogens with two attached hydrogens (primary N) is 1. The molecule has 0 bridgehead atoms. The molecule has 0 unspecified atom stereocenters. The van der Waals surface area contributed by atoms with E-state index in [1.807, 2.05) is 17.2 Å². The van der Waals surface area contributed by atoms with E-state index in [9.17, 15) is 4.79 Å². The van der Waals surface area contributed by atoms with Gasteiger partial charge in [-0.2, -0.15) is 0 Å². The van der Waals surface area contributed by atoms with Gasteiger partial charge in [0.15, 0.2) is 0 Å². The number of likely N-dealkylation sites (N-methyl/N-ethyl adjacent to an activating group) is 1. The molecule has 1 amide bonds. The molecule has 1 rings (SSSR count). The fourth-order valence-electron chi connectivity index (χ4n) is 1.17. The van der Waals surface area contributed by atoms with Crippen LogP contribution in [0.4, 0.5) is 0 Å². The molecule has 2 N–H and O–H groups in total. The Labute approximate surface area is 98.0 Å². The third-order valence-corrected chi connectivity index (χ3v) is 3.08. The summed E-state index contributed by atoms with van der Waals surface area (Å²) < 4.78 is 0. The van der Waals surface area contributed by atoms with Gasteiger partial charge in [0.2, 0.25) is 5.91 Å². The predicted molar refractivity (Wildman–Crippen MR) is 61.8 cm³/mol. The number of hydrogen-bond acceptors (Lipinski definition) is 4. The number of carbonyl (C=O) groups excluding carboxylic acids is 1. The molecule has 0 saturated heterocycles.